The van der Waals surface area contributed by atoms with Crippen LogP contribution in [0.1, 0.15) is 50.5 Å². The van der Waals surface area contributed by atoms with Gasteiger partial charge < -0.3 is 14.5 Å². The van der Waals surface area contributed by atoms with E-state index in [4.69, 9.17) is 9.15 Å². The van der Waals surface area contributed by atoms with Gasteiger partial charge in [0.1, 0.15) is 11.3 Å². The van der Waals surface area contributed by atoms with Gasteiger partial charge in [0.25, 0.3) is 5.91 Å². The lowest BCUT2D eigenvalue weighted by molar-refractivity contribution is -0.124. The van der Waals surface area contributed by atoms with Crippen LogP contribution in [-0.2, 0) is 4.79 Å². The van der Waals surface area contributed by atoms with Crippen LogP contribution in [0.15, 0.2) is 33.5 Å². The fraction of sp³-hybridized carbons (Fsp3) is 0.545. The van der Waals surface area contributed by atoms with E-state index in [2.05, 4.69) is 5.32 Å². The molecule has 2 aliphatic carbocycles. The summed E-state index contributed by atoms with van der Waals surface area (Å²) >= 11 is 0. The zero-order valence-corrected chi connectivity index (χ0v) is 15.8. The lowest BCUT2D eigenvalue weighted by Crippen LogP contribution is -2.43. The van der Waals surface area contributed by atoms with Crippen molar-refractivity contribution < 1.29 is 13.9 Å². The third-order valence-electron chi connectivity index (χ3n) is 6.20. The van der Waals surface area contributed by atoms with Gasteiger partial charge in [0, 0.05) is 23.6 Å². The van der Waals surface area contributed by atoms with Crippen LogP contribution in [0.5, 0.6) is 5.75 Å². The van der Waals surface area contributed by atoms with Crippen molar-refractivity contribution >= 4 is 16.9 Å². The lowest BCUT2D eigenvalue weighted by atomic mass is 9.69. The zero-order valence-electron chi connectivity index (χ0n) is 15.8. The second kappa shape index (κ2) is 7.75. The number of ether oxygens (including phenoxy) is 1. The number of carbonyl (C=O) groups excluding carboxylic acids is 1. The number of fused-ring (bicyclic) bond motifs is 2. The molecule has 1 heterocycles. The van der Waals surface area contributed by atoms with E-state index in [9.17, 15) is 9.59 Å². The van der Waals surface area contributed by atoms with Crippen molar-refractivity contribution in [3.8, 4) is 5.75 Å². The fourth-order valence-electron chi connectivity index (χ4n) is 4.82. The van der Waals surface area contributed by atoms with Crippen molar-refractivity contribution in [2.45, 2.75) is 57.9 Å². The minimum Gasteiger partial charge on any atom is -0.484 e. The number of aryl methyl sites for hydroxylation is 1. The molecule has 0 bridgehead atoms. The highest BCUT2D eigenvalue weighted by Crippen LogP contribution is 2.40. The molecule has 3 atom stereocenters. The molecule has 2 aromatic rings. The molecule has 5 heteroatoms. The van der Waals surface area contributed by atoms with Crippen LogP contribution in [0.4, 0.5) is 0 Å². The Morgan fingerprint density at radius 2 is 1.96 bits per heavy atom. The Balaban J connectivity index is 1.32. The molecule has 4 rings (SSSR count). The first kappa shape index (κ1) is 18.1. The molecule has 2 fully saturated rings. The van der Waals surface area contributed by atoms with Crippen LogP contribution < -0.4 is 15.7 Å². The molecular weight excluding hydrogens is 342 g/mol. The second-order valence-corrected chi connectivity index (χ2v) is 8.08. The van der Waals surface area contributed by atoms with E-state index in [1.54, 1.807) is 12.1 Å². The van der Waals surface area contributed by atoms with Gasteiger partial charge in [0.15, 0.2) is 6.61 Å². The average Bonchev–Trinajstić information content (AvgIpc) is 2.66. The van der Waals surface area contributed by atoms with Gasteiger partial charge in [-0.15, -0.1) is 0 Å². The molecule has 144 valence electrons. The van der Waals surface area contributed by atoms with E-state index in [0.29, 0.717) is 11.3 Å². The van der Waals surface area contributed by atoms with Crippen LogP contribution in [0.25, 0.3) is 11.0 Å². The first-order valence-electron chi connectivity index (χ1n) is 10.0. The quantitative estimate of drug-likeness (QED) is 0.829. The topological polar surface area (TPSA) is 68.5 Å². The van der Waals surface area contributed by atoms with Crippen molar-refractivity contribution in [2.75, 3.05) is 6.61 Å². The van der Waals surface area contributed by atoms with Crippen molar-refractivity contribution in [3.63, 3.8) is 0 Å². The van der Waals surface area contributed by atoms with E-state index < -0.39 is 0 Å². The first-order chi connectivity index (χ1) is 13.1. The van der Waals surface area contributed by atoms with Gasteiger partial charge in [-0.05, 0) is 55.7 Å². The number of carbonyl (C=O) groups is 1. The lowest BCUT2D eigenvalue weighted by Gasteiger charge is -2.39. The summed E-state index contributed by atoms with van der Waals surface area (Å²) in [6.45, 7) is 1.85. The van der Waals surface area contributed by atoms with Crippen LogP contribution in [0.3, 0.4) is 0 Å². The van der Waals surface area contributed by atoms with E-state index in [0.717, 1.165) is 35.6 Å². The summed E-state index contributed by atoms with van der Waals surface area (Å²) in [6.07, 6.45) is 8.81. The minimum absolute atomic E-state index is 0.0217. The van der Waals surface area contributed by atoms with Crippen LogP contribution >= 0.6 is 0 Å². The van der Waals surface area contributed by atoms with Crippen LogP contribution in [0.2, 0.25) is 0 Å². The monoisotopic (exact) mass is 369 g/mol. The van der Waals surface area contributed by atoms with Gasteiger partial charge >= 0.3 is 5.63 Å². The summed E-state index contributed by atoms with van der Waals surface area (Å²) in [4.78, 5) is 23.8. The number of hydrogen-bond acceptors (Lipinski definition) is 4. The Hall–Kier alpha value is -2.30. The summed E-state index contributed by atoms with van der Waals surface area (Å²) in [7, 11) is 0. The highest BCUT2D eigenvalue weighted by Gasteiger charge is 2.32. The largest absolute Gasteiger partial charge is 0.484 e. The number of amides is 1. The highest BCUT2D eigenvalue weighted by atomic mass is 16.5. The number of benzene rings is 1. The molecule has 0 saturated heterocycles. The van der Waals surface area contributed by atoms with E-state index in [1.165, 1.54) is 38.2 Å². The molecule has 0 spiro atoms. The van der Waals surface area contributed by atoms with Gasteiger partial charge in [0.05, 0.1) is 0 Å². The predicted molar refractivity (Wildman–Crippen MR) is 104 cm³/mol. The molecule has 2 saturated carbocycles. The number of hydrogen-bond donors (Lipinski definition) is 1. The molecule has 1 N–H and O–H groups in total. The smallest absolute Gasteiger partial charge is 0.336 e. The van der Waals surface area contributed by atoms with Gasteiger partial charge in [0.2, 0.25) is 0 Å². The fourth-order valence-corrected chi connectivity index (χ4v) is 4.82. The molecule has 0 unspecified atom stereocenters. The molecular formula is C22H27NO4. The Morgan fingerprint density at radius 1 is 1.15 bits per heavy atom. The Bertz CT molecular complexity index is 888. The van der Waals surface area contributed by atoms with Gasteiger partial charge in [-0.3, -0.25) is 4.79 Å². The van der Waals surface area contributed by atoms with Crippen LogP contribution in [0, 0.1) is 18.8 Å². The predicted octanol–water partition coefficient (Wildman–Crippen LogP) is 3.96. The Kier molecular flexibility index (Phi) is 5.19. The second-order valence-electron chi connectivity index (χ2n) is 8.08. The molecule has 2 aliphatic rings. The maximum atomic E-state index is 12.3. The molecule has 1 amide bonds. The third-order valence-corrected chi connectivity index (χ3v) is 6.20. The normalized spacial score (nSPS) is 25.0. The summed E-state index contributed by atoms with van der Waals surface area (Å²) in [5.74, 6) is 2.10. The maximum absolute atomic E-state index is 12.3. The number of rotatable bonds is 4. The summed E-state index contributed by atoms with van der Waals surface area (Å²) < 4.78 is 10.9. The van der Waals surface area contributed by atoms with Gasteiger partial charge in [-0.25, -0.2) is 4.79 Å². The minimum atomic E-state index is -0.381. The number of nitrogens with one attached hydrogen (secondary N) is 1. The van der Waals surface area contributed by atoms with Crippen molar-refractivity contribution in [3.05, 3.63) is 40.2 Å². The highest BCUT2D eigenvalue weighted by molar-refractivity contribution is 5.81. The standard InChI is InChI=1S/C22H27NO4/c1-14-10-22(25)27-20-12-18(8-9-19(14)20)26-13-21(24)23-17-7-6-15-4-2-3-5-16(15)11-17/h8-10,12,15-17H,2-7,11,13H2,1H3,(H,23,24)/t15-,16+,17-/m1/s1. The SMILES string of the molecule is Cc1cc(=O)oc2cc(OCC(=O)N[C@@H]3CC[C@H]4CCCC[C@H]4C3)ccc12. The molecule has 5 nitrogen and oxygen atoms in total. The molecule has 27 heavy (non-hydrogen) atoms. The Labute approximate surface area is 159 Å². The third kappa shape index (κ3) is 4.18. The van der Waals surface area contributed by atoms with E-state index in [-0.39, 0.29) is 24.2 Å². The molecule has 0 radical (unpaired) electrons. The van der Waals surface area contributed by atoms with Gasteiger partial charge in [-0.1, -0.05) is 25.7 Å². The Morgan fingerprint density at radius 3 is 2.81 bits per heavy atom. The average molecular weight is 369 g/mol. The van der Waals surface area contributed by atoms with Crippen LogP contribution in [-0.4, -0.2) is 18.6 Å². The summed E-state index contributed by atoms with van der Waals surface area (Å²) in [6, 6.07) is 7.07. The van der Waals surface area contributed by atoms with Crippen molar-refractivity contribution in [1.29, 1.82) is 0 Å². The van der Waals surface area contributed by atoms with E-state index >= 15 is 0 Å². The summed E-state index contributed by atoms with van der Waals surface area (Å²) in [5, 5.41) is 4.01. The maximum Gasteiger partial charge on any atom is 0.336 e. The molecule has 1 aromatic carbocycles. The van der Waals surface area contributed by atoms with Crippen molar-refractivity contribution in [1.82, 2.24) is 5.32 Å². The van der Waals surface area contributed by atoms with Crippen molar-refractivity contribution in [2.24, 2.45) is 11.8 Å². The zero-order chi connectivity index (χ0) is 18.8. The van der Waals surface area contributed by atoms with Gasteiger partial charge in [-0.2, -0.15) is 0 Å². The van der Waals surface area contributed by atoms with E-state index in [1.807, 2.05) is 13.0 Å². The molecule has 0 aliphatic heterocycles. The molecule has 1 aromatic heterocycles. The first-order valence-corrected chi connectivity index (χ1v) is 10.0. The summed E-state index contributed by atoms with van der Waals surface area (Å²) in [5.41, 5.74) is 0.964.